The zero-order chi connectivity index (χ0) is 11.1. The van der Waals surface area contributed by atoms with E-state index in [-0.39, 0.29) is 5.92 Å². The highest BCUT2D eigenvalue weighted by atomic mass is 16.5. The van der Waals surface area contributed by atoms with Gasteiger partial charge in [-0.15, -0.1) is 12.3 Å². The van der Waals surface area contributed by atoms with E-state index in [1.807, 2.05) is 0 Å². The van der Waals surface area contributed by atoms with Crippen LogP contribution in [-0.2, 0) is 19.1 Å². The van der Waals surface area contributed by atoms with Crippen molar-refractivity contribution in [3.8, 4) is 12.3 Å². The van der Waals surface area contributed by atoms with E-state index in [0.29, 0.717) is 6.42 Å². The molecular weight excluding hydrogens is 184 g/mol. The molecule has 0 amide bonds. The lowest BCUT2D eigenvalue weighted by atomic mass is 9.91. The van der Waals surface area contributed by atoms with Gasteiger partial charge >= 0.3 is 11.9 Å². The van der Waals surface area contributed by atoms with Crippen molar-refractivity contribution in [1.29, 1.82) is 0 Å². The molecule has 0 saturated heterocycles. The monoisotopic (exact) mass is 198 g/mol. The predicted octanol–water partition coefficient (Wildman–Crippen LogP) is 0.608. The van der Waals surface area contributed by atoms with Crippen molar-refractivity contribution in [2.45, 2.75) is 13.3 Å². The first-order chi connectivity index (χ1) is 6.58. The standard InChI is InChI=1S/C10H14O4/c1-5-6-7(2)8(9(11)13-3)10(12)14-4/h1,7-8H,6H2,2-4H3. The molecule has 0 N–H and O–H groups in total. The summed E-state index contributed by atoms with van der Waals surface area (Å²) in [5, 5.41) is 0. The molecule has 14 heavy (non-hydrogen) atoms. The molecular formula is C10H14O4. The van der Waals surface area contributed by atoms with E-state index in [1.54, 1.807) is 6.92 Å². The third kappa shape index (κ3) is 3.09. The highest BCUT2D eigenvalue weighted by molar-refractivity contribution is 5.95. The molecule has 0 rings (SSSR count). The molecule has 4 heteroatoms. The number of hydrogen-bond donors (Lipinski definition) is 0. The van der Waals surface area contributed by atoms with Crippen LogP contribution in [0.5, 0.6) is 0 Å². The Balaban J connectivity index is 4.64. The lowest BCUT2D eigenvalue weighted by Crippen LogP contribution is -2.32. The van der Waals surface area contributed by atoms with Gasteiger partial charge in [0.15, 0.2) is 5.92 Å². The molecule has 0 radical (unpaired) electrons. The average molecular weight is 198 g/mol. The van der Waals surface area contributed by atoms with Gasteiger partial charge in [-0.25, -0.2) is 0 Å². The zero-order valence-corrected chi connectivity index (χ0v) is 8.57. The maximum atomic E-state index is 11.2. The smallest absolute Gasteiger partial charge is 0.320 e. The second-order valence-electron chi connectivity index (χ2n) is 2.91. The molecule has 78 valence electrons. The second-order valence-corrected chi connectivity index (χ2v) is 2.91. The van der Waals surface area contributed by atoms with Crippen LogP contribution in [0.1, 0.15) is 13.3 Å². The predicted molar refractivity (Wildman–Crippen MR) is 50.1 cm³/mol. The van der Waals surface area contributed by atoms with E-state index in [0.717, 1.165) is 0 Å². The summed E-state index contributed by atoms with van der Waals surface area (Å²) in [5.41, 5.74) is 0. The first-order valence-corrected chi connectivity index (χ1v) is 4.17. The maximum absolute atomic E-state index is 11.2. The summed E-state index contributed by atoms with van der Waals surface area (Å²) in [4.78, 5) is 22.5. The molecule has 0 aliphatic heterocycles. The van der Waals surface area contributed by atoms with Crippen molar-refractivity contribution < 1.29 is 19.1 Å². The summed E-state index contributed by atoms with van der Waals surface area (Å²) in [6, 6.07) is 0. The van der Waals surface area contributed by atoms with E-state index in [4.69, 9.17) is 6.42 Å². The third-order valence-electron chi connectivity index (χ3n) is 1.92. The van der Waals surface area contributed by atoms with E-state index < -0.39 is 17.9 Å². The number of carbonyl (C=O) groups is 2. The van der Waals surface area contributed by atoms with Gasteiger partial charge in [0.25, 0.3) is 0 Å². The van der Waals surface area contributed by atoms with Gasteiger partial charge in [-0.05, 0) is 5.92 Å². The van der Waals surface area contributed by atoms with Crippen LogP contribution in [0.3, 0.4) is 0 Å². The molecule has 0 aliphatic carbocycles. The van der Waals surface area contributed by atoms with Crippen LogP contribution in [0.2, 0.25) is 0 Å². The van der Waals surface area contributed by atoms with Gasteiger partial charge in [0, 0.05) is 6.42 Å². The van der Waals surface area contributed by atoms with Crippen molar-refractivity contribution in [3.05, 3.63) is 0 Å². The average Bonchev–Trinajstić information content (AvgIpc) is 2.17. The van der Waals surface area contributed by atoms with Gasteiger partial charge in [0.05, 0.1) is 14.2 Å². The topological polar surface area (TPSA) is 52.6 Å². The first-order valence-electron chi connectivity index (χ1n) is 4.17. The number of methoxy groups -OCH3 is 2. The molecule has 0 aliphatic rings. The molecule has 1 atom stereocenters. The molecule has 1 unspecified atom stereocenters. The van der Waals surface area contributed by atoms with Crippen molar-refractivity contribution in [1.82, 2.24) is 0 Å². The zero-order valence-electron chi connectivity index (χ0n) is 8.57. The highest BCUT2D eigenvalue weighted by Gasteiger charge is 2.33. The summed E-state index contributed by atoms with van der Waals surface area (Å²) in [5.74, 6) is -0.0401. The lowest BCUT2D eigenvalue weighted by Gasteiger charge is -2.17. The minimum atomic E-state index is -0.930. The van der Waals surface area contributed by atoms with Crippen LogP contribution >= 0.6 is 0 Å². The van der Waals surface area contributed by atoms with Crippen molar-refractivity contribution in [2.24, 2.45) is 11.8 Å². The maximum Gasteiger partial charge on any atom is 0.320 e. The van der Waals surface area contributed by atoms with Crippen LogP contribution in [-0.4, -0.2) is 26.2 Å². The summed E-state index contributed by atoms with van der Waals surface area (Å²) in [6.07, 6.45) is 5.42. The molecule has 0 heterocycles. The minimum absolute atomic E-state index is 0.278. The molecule has 0 aromatic heterocycles. The highest BCUT2D eigenvalue weighted by Crippen LogP contribution is 2.18. The number of carbonyl (C=O) groups excluding carboxylic acids is 2. The van der Waals surface area contributed by atoms with Crippen LogP contribution < -0.4 is 0 Å². The third-order valence-corrected chi connectivity index (χ3v) is 1.92. The fourth-order valence-electron chi connectivity index (χ4n) is 1.12. The summed E-state index contributed by atoms with van der Waals surface area (Å²) >= 11 is 0. The fraction of sp³-hybridized carbons (Fsp3) is 0.600. The number of terminal acetylenes is 1. The van der Waals surface area contributed by atoms with Crippen molar-refractivity contribution >= 4 is 11.9 Å². The van der Waals surface area contributed by atoms with E-state index in [1.165, 1.54) is 14.2 Å². The van der Waals surface area contributed by atoms with Gasteiger partial charge in [0.1, 0.15) is 0 Å². The number of hydrogen-bond acceptors (Lipinski definition) is 4. The molecule has 0 spiro atoms. The van der Waals surface area contributed by atoms with E-state index in [2.05, 4.69) is 15.4 Å². The molecule has 4 nitrogen and oxygen atoms in total. The summed E-state index contributed by atoms with van der Waals surface area (Å²) < 4.78 is 8.99. The van der Waals surface area contributed by atoms with Crippen molar-refractivity contribution in [3.63, 3.8) is 0 Å². The van der Waals surface area contributed by atoms with Gasteiger partial charge in [-0.1, -0.05) is 6.92 Å². The Morgan fingerprint density at radius 3 is 2.00 bits per heavy atom. The Morgan fingerprint density at radius 1 is 1.29 bits per heavy atom. The molecule has 0 aromatic rings. The largest absolute Gasteiger partial charge is 0.468 e. The Labute approximate surface area is 83.6 Å². The van der Waals surface area contributed by atoms with Crippen LogP contribution in [0.15, 0.2) is 0 Å². The lowest BCUT2D eigenvalue weighted by molar-refractivity contribution is -0.161. The molecule has 0 aromatic carbocycles. The van der Waals surface area contributed by atoms with Gasteiger partial charge in [-0.2, -0.15) is 0 Å². The number of rotatable bonds is 4. The van der Waals surface area contributed by atoms with E-state index >= 15 is 0 Å². The number of ether oxygens (including phenoxy) is 2. The van der Waals surface area contributed by atoms with Gasteiger partial charge in [-0.3, -0.25) is 9.59 Å². The molecule has 0 saturated carbocycles. The molecule has 0 fully saturated rings. The quantitative estimate of drug-likeness (QED) is 0.377. The Kier molecular flexibility index (Phi) is 5.38. The SMILES string of the molecule is C#CCC(C)C(C(=O)OC)C(=O)OC. The minimum Gasteiger partial charge on any atom is -0.468 e. The van der Waals surface area contributed by atoms with Crippen LogP contribution in [0, 0.1) is 24.2 Å². The van der Waals surface area contributed by atoms with Crippen molar-refractivity contribution in [2.75, 3.05) is 14.2 Å². The molecule has 0 bridgehead atoms. The normalized spacial score (nSPS) is 11.6. The van der Waals surface area contributed by atoms with Crippen LogP contribution in [0.4, 0.5) is 0 Å². The first kappa shape index (κ1) is 12.5. The Hall–Kier alpha value is -1.50. The fourth-order valence-corrected chi connectivity index (χ4v) is 1.12. The summed E-state index contributed by atoms with van der Waals surface area (Å²) in [7, 11) is 2.45. The van der Waals surface area contributed by atoms with Crippen LogP contribution in [0.25, 0.3) is 0 Å². The van der Waals surface area contributed by atoms with Gasteiger partial charge < -0.3 is 9.47 Å². The number of esters is 2. The second kappa shape index (κ2) is 6.03. The Bertz CT molecular complexity index is 235. The Morgan fingerprint density at radius 2 is 1.71 bits per heavy atom. The van der Waals surface area contributed by atoms with E-state index in [9.17, 15) is 9.59 Å². The van der Waals surface area contributed by atoms with Gasteiger partial charge in [0.2, 0.25) is 0 Å². The summed E-state index contributed by atoms with van der Waals surface area (Å²) in [6.45, 7) is 1.71.